The van der Waals surface area contributed by atoms with E-state index in [1.807, 2.05) is 0 Å². The maximum Gasteiger partial charge on any atom is 0.306 e. The van der Waals surface area contributed by atoms with Gasteiger partial charge >= 0.3 is 17.9 Å². The number of hydrogen-bond acceptors (Lipinski definition) is 6. The van der Waals surface area contributed by atoms with Crippen LogP contribution in [-0.4, -0.2) is 37.2 Å². The predicted molar refractivity (Wildman–Crippen MR) is 219 cm³/mol. The first kappa shape index (κ1) is 49.1. The van der Waals surface area contributed by atoms with Gasteiger partial charge in [-0.25, -0.2) is 0 Å². The second kappa shape index (κ2) is 40.9. The summed E-state index contributed by atoms with van der Waals surface area (Å²) in [6.07, 6.45) is 47.9. The molecule has 0 saturated carbocycles. The molecular formula is C46H78O6. The average Bonchev–Trinajstić information content (AvgIpc) is 3.14. The standard InChI is InChI=1S/C46H78O6/c1-4-7-10-13-16-19-20-21-22-23-24-25-28-30-33-36-39-45(48)51-42-43(52-46(49)40-37-34-31-27-18-15-12-9-6-3)41-50-44(47)38-35-32-29-26-17-14-11-8-5-2/h7,9-10,12,16,18-19,21-22,27,43H,4-6,8,11,13-15,17,20,23-26,28-42H2,1-3H3/b10-7-,12-9-,19-16-,22-21-,27-18-. The molecule has 0 aromatic rings. The Morgan fingerprint density at radius 3 is 1.21 bits per heavy atom. The van der Waals surface area contributed by atoms with Gasteiger partial charge in [-0.1, -0.05) is 159 Å². The summed E-state index contributed by atoms with van der Waals surface area (Å²) >= 11 is 0. The molecule has 0 aromatic carbocycles. The molecule has 0 amide bonds. The number of hydrogen-bond donors (Lipinski definition) is 0. The molecule has 0 spiro atoms. The lowest BCUT2D eigenvalue weighted by Gasteiger charge is -2.18. The highest BCUT2D eigenvalue weighted by Gasteiger charge is 2.19. The third-order valence-electron chi connectivity index (χ3n) is 8.77. The van der Waals surface area contributed by atoms with Crippen LogP contribution in [-0.2, 0) is 28.6 Å². The van der Waals surface area contributed by atoms with Crippen LogP contribution in [0.4, 0.5) is 0 Å². The quantitative estimate of drug-likeness (QED) is 0.0274. The lowest BCUT2D eigenvalue weighted by molar-refractivity contribution is -0.167. The van der Waals surface area contributed by atoms with Crippen molar-refractivity contribution in [2.45, 2.75) is 200 Å². The van der Waals surface area contributed by atoms with E-state index in [2.05, 4.69) is 81.5 Å². The molecule has 0 bridgehead atoms. The van der Waals surface area contributed by atoms with Crippen molar-refractivity contribution in [2.24, 2.45) is 0 Å². The van der Waals surface area contributed by atoms with E-state index in [0.29, 0.717) is 19.3 Å². The lowest BCUT2D eigenvalue weighted by atomic mass is 10.1. The molecule has 0 fully saturated rings. The van der Waals surface area contributed by atoms with Crippen LogP contribution < -0.4 is 0 Å². The van der Waals surface area contributed by atoms with Gasteiger partial charge in [0.15, 0.2) is 6.10 Å². The Balaban J connectivity index is 4.37. The van der Waals surface area contributed by atoms with Gasteiger partial charge in [0.05, 0.1) is 0 Å². The highest BCUT2D eigenvalue weighted by atomic mass is 16.6. The van der Waals surface area contributed by atoms with E-state index in [1.165, 1.54) is 57.8 Å². The first-order valence-electron chi connectivity index (χ1n) is 21.3. The van der Waals surface area contributed by atoms with Gasteiger partial charge in [0.1, 0.15) is 13.2 Å². The molecule has 0 aliphatic rings. The van der Waals surface area contributed by atoms with Gasteiger partial charge in [0.25, 0.3) is 0 Å². The molecule has 0 aliphatic heterocycles. The minimum Gasteiger partial charge on any atom is -0.462 e. The van der Waals surface area contributed by atoms with Crippen molar-refractivity contribution in [3.05, 3.63) is 60.8 Å². The van der Waals surface area contributed by atoms with E-state index in [1.54, 1.807) is 0 Å². The van der Waals surface area contributed by atoms with Crippen molar-refractivity contribution < 1.29 is 28.6 Å². The fourth-order valence-corrected chi connectivity index (χ4v) is 5.61. The maximum absolute atomic E-state index is 12.6. The topological polar surface area (TPSA) is 78.9 Å². The molecule has 0 heterocycles. The molecule has 0 aliphatic carbocycles. The zero-order valence-corrected chi connectivity index (χ0v) is 33.8. The molecule has 298 valence electrons. The third-order valence-corrected chi connectivity index (χ3v) is 8.77. The Morgan fingerprint density at radius 1 is 0.404 bits per heavy atom. The van der Waals surface area contributed by atoms with E-state index in [4.69, 9.17) is 14.2 Å². The molecule has 0 N–H and O–H groups in total. The normalized spacial score (nSPS) is 12.6. The molecular weight excluding hydrogens is 648 g/mol. The SMILES string of the molecule is CC/C=C\C/C=C\C/C=C\CCCCCCCCC(=O)OCC(COC(=O)CCCCCCCCCCC)OC(=O)CCCC/C=C\C/C=C\CC. The van der Waals surface area contributed by atoms with Crippen LogP contribution in [0, 0.1) is 0 Å². The summed E-state index contributed by atoms with van der Waals surface area (Å²) in [6.45, 7) is 6.31. The molecule has 0 aromatic heterocycles. The van der Waals surface area contributed by atoms with Gasteiger partial charge in [-0.2, -0.15) is 0 Å². The molecule has 0 radical (unpaired) electrons. The van der Waals surface area contributed by atoms with Gasteiger partial charge in [-0.3, -0.25) is 14.4 Å². The minimum atomic E-state index is -0.790. The van der Waals surface area contributed by atoms with Crippen molar-refractivity contribution in [2.75, 3.05) is 13.2 Å². The number of ether oxygens (including phenoxy) is 3. The summed E-state index contributed by atoms with van der Waals surface area (Å²) in [5.74, 6) is -0.952. The third kappa shape index (κ3) is 38.3. The van der Waals surface area contributed by atoms with Gasteiger partial charge in [-0.15, -0.1) is 0 Å². The summed E-state index contributed by atoms with van der Waals surface area (Å²) in [4.78, 5) is 37.5. The Bertz CT molecular complexity index is 975. The lowest BCUT2D eigenvalue weighted by Crippen LogP contribution is -2.30. The number of esters is 3. The molecule has 6 heteroatoms. The van der Waals surface area contributed by atoms with Crippen molar-refractivity contribution >= 4 is 17.9 Å². The van der Waals surface area contributed by atoms with Gasteiger partial charge in [0, 0.05) is 19.3 Å². The van der Waals surface area contributed by atoms with Gasteiger partial charge < -0.3 is 14.2 Å². The van der Waals surface area contributed by atoms with Crippen molar-refractivity contribution in [1.29, 1.82) is 0 Å². The molecule has 1 unspecified atom stereocenters. The first-order valence-corrected chi connectivity index (χ1v) is 21.3. The van der Waals surface area contributed by atoms with E-state index in [9.17, 15) is 14.4 Å². The average molecular weight is 727 g/mol. The van der Waals surface area contributed by atoms with Crippen molar-refractivity contribution in [3.63, 3.8) is 0 Å². The van der Waals surface area contributed by atoms with Crippen molar-refractivity contribution in [1.82, 2.24) is 0 Å². The number of unbranched alkanes of at least 4 members (excludes halogenated alkanes) is 16. The largest absolute Gasteiger partial charge is 0.462 e. The zero-order chi connectivity index (χ0) is 38.0. The van der Waals surface area contributed by atoms with E-state index < -0.39 is 6.10 Å². The molecule has 0 rings (SSSR count). The maximum atomic E-state index is 12.6. The fourth-order valence-electron chi connectivity index (χ4n) is 5.61. The zero-order valence-electron chi connectivity index (χ0n) is 33.8. The van der Waals surface area contributed by atoms with Crippen LogP contribution in [0.5, 0.6) is 0 Å². The van der Waals surface area contributed by atoms with E-state index >= 15 is 0 Å². The molecule has 1 atom stereocenters. The first-order chi connectivity index (χ1) is 25.5. The predicted octanol–water partition coefficient (Wildman–Crippen LogP) is 13.4. The van der Waals surface area contributed by atoms with Crippen LogP contribution >= 0.6 is 0 Å². The van der Waals surface area contributed by atoms with Crippen LogP contribution in [0.1, 0.15) is 194 Å². The van der Waals surface area contributed by atoms with Crippen LogP contribution in [0.25, 0.3) is 0 Å². The number of carbonyl (C=O) groups is 3. The van der Waals surface area contributed by atoms with Gasteiger partial charge in [-0.05, 0) is 77.0 Å². The smallest absolute Gasteiger partial charge is 0.306 e. The summed E-state index contributed by atoms with van der Waals surface area (Å²) in [5, 5.41) is 0. The second-order valence-electron chi connectivity index (χ2n) is 13.8. The summed E-state index contributed by atoms with van der Waals surface area (Å²) < 4.78 is 16.6. The number of rotatable bonds is 37. The molecule has 0 saturated heterocycles. The van der Waals surface area contributed by atoms with Crippen LogP contribution in [0.15, 0.2) is 60.8 Å². The minimum absolute atomic E-state index is 0.0914. The summed E-state index contributed by atoms with van der Waals surface area (Å²) in [7, 11) is 0. The van der Waals surface area contributed by atoms with E-state index in [-0.39, 0.29) is 37.5 Å². The Kier molecular flexibility index (Phi) is 38.6. The van der Waals surface area contributed by atoms with Crippen molar-refractivity contribution in [3.8, 4) is 0 Å². The number of allylic oxidation sites excluding steroid dienone is 10. The molecule has 6 nitrogen and oxygen atoms in total. The van der Waals surface area contributed by atoms with Crippen LogP contribution in [0.2, 0.25) is 0 Å². The van der Waals surface area contributed by atoms with E-state index in [0.717, 1.165) is 89.9 Å². The highest BCUT2D eigenvalue weighted by Crippen LogP contribution is 2.13. The molecule has 52 heavy (non-hydrogen) atoms. The summed E-state index contributed by atoms with van der Waals surface area (Å²) in [6, 6.07) is 0. The second-order valence-corrected chi connectivity index (χ2v) is 13.8. The monoisotopic (exact) mass is 727 g/mol. The fraction of sp³-hybridized carbons (Fsp3) is 0.717. The Hall–Kier alpha value is -2.89. The highest BCUT2D eigenvalue weighted by molar-refractivity contribution is 5.71. The van der Waals surface area contributed by atoms with Gasteiger partial charge in [0.2, 0.25) is 0 Å². The Labute approximate surface area is 320 Å². The summed E-state index contributed by atoms with van der Waals surface area (Å²) in [5.41, 5.74) is 0. The Morgan fingerprint density at radius 2 is 0.750 bits per heavy atom. The number of carbonyl (C=O) groups excluding carboxylic acids is 3. The van der Waals surface area contributed by atoms with Crippen LogP contribution in [0.3, 0.4) is 0 Å².